The van der Waals surface area contributed by atoms with Crippen LogP contribution in [0.15, 0.2) is 116 Å². The fourth-order valence-electron chi connectivity index (χ4n) is 6.41. The first kappa shape index (κ1) is 32.5. The van der Waals surface area contributed by atoms with E-state index in [2.05, 4.69) is 123 Å². The minimum atomic E-state index is 0.424. The zero-order valence-corrected chi connectivity index (χ0v) is 26.8. The predicted octanol–water partition coefficient (Wildman–Crippen LogP) is 12.7. The van der Waals surface area contributed by atoms with E-state index < -0.39 is 0 Å². The SMILES string of the molecule is C=CCCCCCCC(c1ccc(CCc2ccccc2)cc1)c1cccc(-c2ccccc2CCCCCCCC)c1. The summed E-state index contributed by atoms with van der Waals surface area (Å²) >= 11 is 0. The second kappa shape index (κ2) is 19.0. The average molecular weight is 571 g/mol. The van der Waals surface area contributed by atoms with E-state index in [0.29, 0.717) is 5.92 Å². The van der Waals surface area contributed by atoms with Crippen LogP contribution in [0.3, 0.4) is 0 Å². The summed E-state index contributed by atoms with van der Waals surface area (Å²) in [6.07, 6.45) is 20.9. The zero-order chi connectivity index (χ0) is 30.0. The molecule has 0 fully saturated rings. The van der Waals surface area contributed by atoms with Gasteiger partial charge in [-0.05, 0) is 83.9 Å². The molecule has 0 aliphatic rings. The van der Waals surface area contributed by atoms with Crippen molar-refractivity contribution in [1.82, 2.24) is 0 Å². The van der Waals surface area contributed by atoms with Gasteiger partial charge in [0.1, 0.15) is 0 Å². The summed E-state index contributed by atoms with van der Waals surface area (Å²) in [4.78, 5) is 0. The molecule has 226 valence electrons. The number of unbranched alkanes of at least 4 members (excludes halogenated alkanes) is 9. The molecule has 0 N–H and O–H groups in total. The molecule has 4 aromatic rings. The number of benzene rings is 4. The number of hydrogen-bond acceptors (Lipinski definition) is 0. The molecule has 0 saturated carbocycles. The first-order valence-corrected chi connectivity index (χ1v) is 17.2. The Balaban J connectivity index is 1.49. The Hall–Kier alpha value is -3.38. The molecule has 4 aromatic carbocycles. The molecule has 0 nitrogen and oxygen atoms in total. The number of hydrogen-bond donors (Lipinski definition) is 0. The summed E-state index contributed by atoms with van der Waals surface area (Å²) in [6.45, 7) is 6.19. The van der Waals surface area contributed by atoms with Crippen LogP contribution >= 0.6 is 0 Å². The van der Waals surface area contributed by atoms with Crippen molar-refractivity contribution in [3.8, 4) is 11.1 Å². The van der Waals surface area contributed by atoms with E-state index in [-0.39, 0.29) is 0 Å². The fourth-order valence-corrected chi connectivity index (χ4v) is 6.41. The Morgan fingerprint density at radius 1 is 0.558 bits per heavy atom. The van der Waals surface area contributed by atoms with E-state index in [0.717, 1.165) is 19.3 Å². The molecule has 0 amide bonds. The van der Waals surface area contributed by atoms with Crippen molar-refractivity contribution in [3.63, 3.8) is 0 Å². The molecular weight excluding hydrogens is 516 g/mol. The van der Waals surface area contributed by atoms with Gasteiger partial charge in [0.25, 0.3) is 0 Å². The van der Waals surface area contributed by atoms with Crippen molar-refractivity contribution in [1.29, 1.82) is 0 Å². The third kappa shape index (κ3) is 11.0. The van der Waals surface area contributed by atoms with Gasteiger partial charge < -0.3 is 0 Å². The van der Waals surface area contributed by atoms with Gasteiger partial charge in [-0.3, -0.25) is 0 Å². The first-order valence-electron chi connectivity index (χ1n) is 17.2. The summed E-state index contributed by atoms with van der Waals surface area (Å²) in [5.41, 5.74) is 10.0. The molecule has 0 aromatic heterocycles. The molecule has 0 saturated heterocycles. The Morgan fingerprint density at radius 2 is 1.23 bits per heavy atom. The predicted molar refractivity (Wildman–Crippen MR) is 189 cm³/mol. The molecule has 0 aliphatic carbocycles. The second-order valence-corrected chi connectivity index (χ2v) is 12.4. The highest BCUT2D eigenvalue weighted by Gasteiger charge is 2.16. The summed E-state index contributed by atoms with van der Waals surface area (Å²) in [7, 11) is 0. The maximum Gasteiger partial charge on any atom is 0.00895 e. The van der Waals surface area contributed by atoms with Gasteiger partial charge in [0.2, 0.25) is 0 Å². The lowest BCUT2D eigenvalue weighted by Gasteiger charge is -2.20. The molecular formula is C43H54. The van der Waals surface area contributed by atoms with Crippen LogP contribution in [0, 0.1) is 0 Å². The molecule has 4 rings (SSSR count). The van der Waals surface area contributed by atoms with E-state index in [9.17, 15) is 0 Å². The van der Waals surface area contributed by atoms with Crippen molar-refractivity contribution < 1.29 is 0 Å². The monoisotopic (exact) mass is 570 g/mol. The van der Waals surface area contributed by atoms with Crippen LogP contribution in [0.2, 0.25) is 0 Å². The lowest BCUT2D eigenvalue weighted by atomic mass is 9.84. The Bertz CT molecular complexity index is 1310. The van der Waals surface area contributed by atoms with Crippen molar-refractivity contribution in [3.05, 3.63) is 144 Å². The van der Waals surface area contributed by atoms with Crippen LogP contribution in [0.25, 0.3) is 11.1 Å². The molecule has 0 bridgehead atoms. The van der Waals surface area contributed by atoms with Gasteiger partial charge in [-0.1, -0.05) is 167 Å². The van der Waals surface area contributed by atoms with Crippen LogP contribution in [0.5, 0.6) is 0 Å². The summed E-state index contributed by atoms with van der Waals surface area (Å²) in [5.74, 6) is 0.424. The van der Waals surface area contributed by atoms with E-state index >= 15 is 0 Å². The molecule has 43 heavy (non-hydrogen) atoms. The van der Waals surface area contributed by atoms with Crippen molar-refractivity contribution in [2.45, 2.75) is 109 Å². The first-order chi connectivity index (χ1) is 21.3. The minimum Gasteiger partial charge on any atom is -0.103 e. The summed E-state index contributed by atoms with van der Waals surface area (Å²) in [5, 5.41) is 0. The van der Waals surface area contributed by atoms with E-state index in [1.54, 1.807) is 0 Å². The molecule has 0 aliphatic heterocycles. The summed E-state index contributed by atoms with van der Waals surface area (Å²) < 4.78 is 0. The second-order valence-electron chi connectivity index (χ2n) is 12.4. The maximum absolute atomic E-state index is 3.89. The average Bonchev–Trinajstić information content (AvgIpc) is 3.06. The van der Waals surface area contributed by atoms with Crippen LogP contribution in [0.4, 0.5) is 0 Å². The number of aryl methyl sites for hydroxylation is 3. The topological polar surface area (TPSA) is 0 Å². The van der Waals surface area contributed by atoms with Gasteiger partial charge in [-0.2, -0.15) is 0 Å². The van der Waals surface area contributed by atoms with Crippen molar-refractivity contribution >= 4 is 0 Å². The summed E-state index contributed by atoms with van der Waals surface area (Å²) in [6, 6.07) is 39.0. The highest BCUT2D eigenvalue weighted by molar-refractivity contribution is 5.68. The van der Waals surface area contributed by atoms with E-state index in [4.69, 9.17) is 0 Å². The minimum absolute atomic E-state index is 0.424. The molecule has 1 unspecified atom stereocenters. The maximum atomic E-state index is 3.89. The smallest absolute Gasteiger partial charge is 0.00895 e. The largest absolute Gasteiger partial charge is 0.103 e. The molecule has 0 heterocycles. The molecule has 1 atom stereocenters. The standard InChI is InChI=1S/C43H54/c1-3-5-7-9-11-16-23-38-24-18-19-28-42(38)40-25-20-26-41(35-40)43(27-17-12-10-8-6-4-2)39-33-31-37(32-34-39)30-29-36-21-14-13-15-22-36/h4,13-15,18-22,24-26,28,31-35,43H,2-3,5-12,16-17,23,27,29-30H2,1H3. The van der Waals surface area contributed by atoms with Gasteiger partial charge >= 0.3 is 0 Å². The van der Waals surface area contributed by atoms with E-state index in [1.807, 2.05) is 0 Å². The Morgan fingerprint density at radius 3 is 2.02 bits per heavy atom. The van der Waals surface area contributed by atoms with Crippen molar-refractivity contribution in [2.24, 2.45) is 0 Å². The number of allylic oxidation sites excluding steroid dienone is 1. The fraction of sp³-hybridized carbons (Fsp3) is 0.395. The van der Waals surface area contributed by atoms with Crippen molar-refractivity contribution in [2.75, 3.05) is 0 Å². The third-order valence-corrected chi connectivity index (χ3v) is 9.00. The van der Waals surface area contributed by atoms with Crippen LogP contribution in [0.1, 0.15) is 118 Å². The molecule has 0 radical (unpaired) electrons. The van der Waals surface area contributed by atoms with E-state index in [1.165, 1.54) is 116 Å². The van der Waals surface area contributed by atoms with Gasteiger partial charge in [0.05, 0.1) is 0 Å². The van der Waals surface area contributed by atoms with Crippen LogP contribution in [-0.2, 0) is 19.3 Å². The lowest BCUT2D eigenvalue weighted by Crippen LogP contribution is -2.03. The highest BCUT2D eigenvalue weighted by Crippen LogP contribution is 2.34. The van der Waals surface area contributed by atoms with Gasteiger partial charge in [-0.15, -0.1) is 6.58 Å². The lowest BCUT2D eigenvalue weighted by molar-refractivity contribution is 0.587. The normalized spacial score (nSPS) is 11.8. The van der Waals surface area contributed by atoms with Crippen LogP contribution < -0.4 is 0 Å². The van der Waals surface area contributed by atoms with Crippen LogP contribution in [-0.4, -0.2) is 0 Å². The van der Waals surface area contributed by atoms with Gasteiger partial charge in [-0.25, -0.2) is 0 Å². The number of rotatable bonds is 20. The third-order valence-electron chi connectivity index (χ3n) is 9.00. The zero-order valence-electron chi connectivity index (χ0n) is 26.8. The Kier molecular flexibility index (Phi) is 14.4. The van der Waals surface area contributed by atoms with Gasteiger partial charge in [0, 0.05) is 5.92 Å². The quantitative estimate of drug-likeness (QED) is 0.0732. The van der Waals surface area contributed by atoms with Gasteiger partial charge in [0.15, 0.2) is 0 Å². The highest BCUT2D eigenvalue weighted by atomic mass is 14.2. The molecule has 0 heteroatoms. The molecule has 0 spiro atoms. The Labute approximate surface area is 263 Å².